The summed E-state index contributed by atoms with van der Waals surface area (Å²) < 4.78 is 11.0. The Morgan fingerprint density at radius 1 is 1.10 bits per heavy atom. The van der Waals surface area contributed by atoms with E-state index < -0.39 is 0 Å². The summed E-state index contributed by atoms with van der Waals surface area (Å²) in [5.74, 6) is 3.00. The molecule has 7 nitrogen and oxygen atoms in total. The first kappa shape index (κ1) is 19.0. The third-order valence-corrected chi connectivity index (χ3v) is 5.15. The van der Waals surface area contributed by atoms with Gasteiger partial charge < -0.3 is 19.0 Å². The molecule has 0 bridgehead atoms. The molecule has 0 unspecified atom stereocenters. The average molecular weight is 392 g/mol. The van der Waals surface area contributed by atoms with Crippen LogP contribution in [-0.4, -0.2) is 54.1 Å². The normalized spacial score (nSPS) is 14.1. The second-order valence-electron chi connectivity index (χ2n) is 6.98. The highest BCUT2D eigenvalue weighted by Crippen LogP contribution is 2.24. The van der Waals surface area contributed by atoms with Gasteiger partial charge in [-0.3, -0.25) is 4.79 Å². The van der Waals surface area contributed by atoms with Crippen molar-refractivity contribution in [3.63, 3.8) is 0 Å². The summed E-state index contributed by atoms with van der Waals surface area (Å²) in [6, 6.07) is 13.4. The van der Waals surface area contributed by atoms with E-state index in [1.807, 2.05) is 54.3 Å². The van der Waals surface area contributed by atoms with Gasteiger partial charge in [-0.1, -0.05) is 6.07 Å². The van der Waals surface area contributed by atoms with Gasteiger partial charge in [-0.25, -0.2) is 9.97 Å². The highest BCUT2D eigenvalue weighted by molar-refractivity contribution is 5.79. The van der Waals surface area contributed by atoms with Crippen molar-refractivity contribution in [3.05, 3.63) is 60.1 Å². The number of carbonyl (C=O) groups is 1. The van der Waals surface area contributed by atoms with Gasteiger partial charge in [0.2, 0.25) is 11.8 Å². The molecular weight excluding hydrogens is 368 g/mol. The second-order valence-corrected chi connectivity index (χ2v) is 6.98. The first-order valence-electron chi connectivity index (χ1n) is 9.68. The van der Waals surface area contributed by atoms with Crippen molar-refractivity contribution in [2.24, 2.45) is 0 Å². The lowest BCUT2D eigenvalue weighted by Gasteiger charge is -2.35. The van der Waals surface area contributed by atoms with E-state index in [-0.39, 0.29) is 12.3 Å². The molecule has 150 valence electrons. The molecule has 7 heteroatoms. The van der Waals surface area contributed by atoms with Gasteiger partial charge in [0.25, 0.3) is 0 Å². The summed E-state index contributed by atoms with van der Waals surface area (Å²) in [5, 5.41) is 0. The van der Waals surface area contributed by atoms with Gasteiger partial charge in [-0.05, 0) is 43.3 Å². The number of rotatable bonds is 5. The number of oxazole rings is 1. The predicted molar refractivity (Wildman–Crippen MR) is 110 cm³/mol. The zero-order valence-electron chi connectivity index (χ0n) is 16.7. The summed E-state index contributed by atoms with van der Waals surface area (Å²) in [6.07, 6.45) is 2.04. The number of ether oxygens (including phenoxy) is 1. The van der Waals surface area contributed by atoms with Gasteiger partial charge in [0.05, 0.1) is 19.2 Å². The zero-order valence-corrected chi connectivity index (χ0v) is 16.7. The van der Waals surface area contributed by atoms with Crippen LogP contribution >= 0.6 is 0 Å². The third kappa shape index (κ3) is 4.23. The molecule has 0 saturated carbocycles. The molecule has 2 aromatic heterocycles. The van der Waals surface area contributed by atoms with E-state index in [4.69, 9.17) is 9.15 Å². The van der Waals surface area contributed by atoms with E-state index in [2.05, 4.69) is 14.9 Å². The lowest BCUT2D eigenvalue weighted by Crippen LogP contribution is -2.49. The third-order valence-electron chi connectivity index (χ3n) is 5.15. The molecule has 1 amide bonds. The van der Waals surface area contributed by atoms with Gasteiger partial charge in [-0.2, -0.15) is 0 Å². The molecule has 4 rings (SSSR count). The zero-order chi connectivity index (χ0) is 20.2. The van der Waals surface area contributed by atoms with Crippen LogP contribution in [-0.2, 0) is 11.2 Å². The fourth-order valence-electron chi connectivity index (χ4n) is 3.43. The smallest absolute Gasteiger partial charge is 0.228 e. The topological polar surface area (TPSA) is 71.7 Å². The minimum Gasteiger partial charge on any atom is -0.497 e. The SMILES string of the molecule is COc1ccc(-c2nc(CC(=O)N3CCN(c4ccccn4)CC3)c(C)o2)cc1. The van der Waals surface area contributed by atoms with E-state index in [1.54, 1.807) is 13.3 Å². The summed E-state index contributed by atoms with van der Waals surface area (Å²) in [7, 11) is 1.63. The number of amides is 1. The van der Waals surface area contributed by atoms with Crippen molar-refractivity contribution < 1.29 is 13.9 Å². The van der Waals surface area contributed by atoms with Crippen LogP contribution in [0.15, 0.2) is 53.1 Å². The van der Waals surface area contributed by atoms with E-state index in [0.29, 0.717) is 30.4 Å². The highest BCUT2D eigenvalue weighted by atomic mass is 16.5. The molecule has 0 N–H and O–H groups in total. The summed E-state index contributed by atoms with van der Waals surface area (Å²) in [6.45, 7) is 4.76. The summed E-state index contributed by atoms with van der Waals surface area (Å²) in [4.78, 5) is 25.8. The standard InChI is InChI=1S/C22H24N4O3/c1-16-19(24-22(29-16)17-6-8-18(28-2)9-7-17)15-21(27)26-13-11-25(12-14-26)20-5-3-4-10-23-20/h3-10H,11-15H2,1-2H3. The quantitative estimate of drug-likeness (QED) is 0.665. The average Bonchev–Trinajstić information content (AvgIpc) is 3.14. The number of hydrogen-bond donors (Lipinski definition) is 0. The maximum atomic E-state index is 12.8. The summed E-state index contributed by atoms with van der Waals surface area (Å²) in [5.41, 5.74) is 1.55. The van der Waals surface area contributed by atoms with Crippen molar-refractivity contribution in [2.45, 2.75) is 13.3 Å². The molecular formula is C22H24N4O3. The van der Waals surface area contributed by atoms with Crippen molar-refractivity contribution in [1.29, 1.82) is 0 Å². The number of pyridine rings is 1. The predicted octanol–water partition coefficient (Wildman–Crippen LogP) is 2.94. The first-order valence-corrected chi connectivity index (χ1v) is 9.68. The number of methoxy groups -OCH3 is 1. The monoisotopic (exact) mass is 392 g/mol. The van der Waals surface area contributed by atoms with Gasteiger partial charge in [0.15, 0.2) is 0 Å². The van der Waals surface area contributed by atoms with Crippen molar-refractivity contribution >= 4 is 11.7 Å². The van der Waals surface area contributed by atoms with E-state index in [0.717, 1.165) is 30.2 Å². The summed E-state index contributed by atoms with van der Waals surface area (Å²) >= 11 is 0. The van der Waals surface area contributed by atoms with Gasteiger partial charge in [-0.15, -0.1) is 0 Å². The van der Waals surface area contributed by atoms with Gasteiger partial charge >= 0.3 is 0 Å². The molecule has 0 atom stereocenters. The molecule has 0 aliphatic carbocycles. The number of anilines is 1. The number of nitrogens with zero attached hydrogens (tertiary/aromatic N) is 4. The van der Waals surface area contributed by atoms with Gasteiger partial charge in [0, 0.05) is 37.9 Å². The Bertz CT molecular complexity index is 961. The number of piperazine rings is 1. The Kier molecular flexibility index (Phi) is 5.46. The Morgan fingerprint density at radius 3 is 2.52 bits per heavy atom. The van der Waals surface area contributed by atoms with Crippen LogP contribution in [0.5, 0.6) is 5.75 Å². The van der Waals surface area contributed by atoms with Crippen LogP contribution in [0, 0.1) is 6.92 Å². The second kappa shape index (κ2) is 8.34. The Balaban J connectivity index is 1.38. The number of aromatic nitrogens is 2. The maximum absolute atomic E-state index is 12.8. The minimum atomic E-state index is 0.0725. The molecule has 0 radical (unpaired) electrons. The molecule has 0 spiro atoms. The van der Waals surface area contributed by atoms with Crippen LogP contribution in [0.4, 0.5) is 5.82 Å². The number of benzene rings is 1. The van der Waals surface area contributed by atoms with Crippen molar-refractivity contribution in [3.8, 4) is 17.2 Å². The Morgan fingerprint density at radius 2 is 1.86 bits per heavy atom. The maximum Gasteiger partial charge on any atom is 0.228 e. The number of hydrogen-bond acceptors (Lipinski definition) is 6. The fourth-order valence-corrected chi connectivity index (χ4v) is 3.43. The van der Waals surface area contributed by atoms with Crippen LogP contribution in [0.1, 0.15) is 11.5 Å². The van der Waals surface area contributed by atoms with E-state index >= 15 is 0 Å². The van der Waals surface area contributed by atoms with Crippen LogP contribution in [0.3, 0.4) is 0 Å². The minimum absolute atomic E-state index is 0.0725. The molecule has 3 aromatic rings. The Labute approximate surface area is 169 Å². The molecule has 3 heterocycles. The molecule has 1 fully saturated rings. The van der Waals surface area contributed by atoms with E-state index in [9.17, 15) is 4.79 Å². The molecule has 1 saturated heterocycles. The van der Waals surface area contributed by atoms with Crippen LogP contribution in [0.2, 0.25) is 0 Å². The van der Waals surface area contributed by atoms with Crippen molar-refractivity contribution in [2.75, 3.05) is 38.2 Å². The fraction of sp³-hybridized carbons (Fsp3) is 0.318. The lowest BCUT2D eigenvalue weighted by atomic mass is 10.2. The molecule has 1 aromatic carbocycles. The van der Waals surface area contributed by atoms with Gasteiger partial charge in [0.1, 0.15) is 17.3 Å². The Hall–Kier alpha value is -3.35. The van der Waals surface area contributed by atoms with Crippen molar-refractivity contribution in [1.82, 2.24) is 14.9 Å². The lowest BCUT2D eigenvalue weighted by molar-refractivity contribution is -0.130. The number of aryl methyl sites for hydroxylation is 1. The van der Waals surface area contributed by atoms with E-state index in [1.165, 1.54) is 0 Å². The number of carbonyl (C=O) groups excluding carboxylic acids is 1. The first-order chi connectivity index (χ1) is 14.1. The van der Waals surface area contributed by atoms with Crippen LogP contribution in [0.25, 0.3) is 11.5 Å². The molecule has 1 aliphatic heterocycles. The molecule has 29 heavy (non-hydrogen) atoms. The van der Waals surface area contributed by atoms with Crippen LogP contribution < -0.4 is 9.64 Å². The highest BCUT2D eigenvalue weighted by Gasteiger charge is 2.24. The largest absolute Gasteiger partial charge is 0.497 e. The molecule has 1 aliphatic rings.